The molecule has 3 heterocycles. The number of pyridine rings is 1. The van der Waals surface area contributed by atoms with Crippen LogP contribution in [0.25, 0.3) is 17.1 Å². The van der Waals surface area contributed by atoms with Crippen LogP contribution in [-0.2, 0) is 13.0 Å². The number of nitrogens with two attached hydrogens (primary N) is 1. The summed E-state index contributed by atoms with van der Waals surface area (Å²) in [5.41, 5.74) is 10.4. The molecule has 0 spiro atoms. The molecule has 1 amide bonds. The number of carbonyl (C=O) groups excluding carboxylic acids is 1. The van der Waals surface area contributed by atoms with Gasteiger partial charge < -0.3 is 11.1 Å². The Morgan fingerprint density at radius 1 is 0.914 bits per heavy atom. The van der Waals surface area contributed by atoms with Gasteiger partial charge in [-0.15, -0.1) is 5.10 Å². The zero-order valence-electron chi connectivity index (χ0n) is 19.0. The first-order valence-electron chi connectivity index (χ1n) is 11.2. The second kappa shape index (κ2) is 10.0. The summed E-state index contributed by atoms with van der Waals surface area (Å²) in [6.07, 6.45) is 4.35. The van der Waals surface area contributed by atoms with Gasteiger partial charge in [0.15, 0.2) is 0 Å². The van der Waals surface area contributed by atoms with E-state index in [0.29, 0.717) is 42.3 Å². The van der Waals surface area contributed by atoms with Gasteiger partial charge in [0.1, 0.15) is 11.5 Å². The molecule has 0 aliphatic carbocycles. The van der Waals surface area contributed by atoms with Gasteiger partial charge in [-0.2, -0.15) is 5.10 Å². The lowest BCUT2D eigenvalue weighted by atomic mass is 10.1. The molecule has 35 heavy (non-hydrogen) atoms. The smallest absolute Gasteiger partial charge is 0.251 e. The summed E-state index contributed by atoms with van der Waals surface area (Å²) in [4.78, 5) is 17.2. The maximum absolute atomic E-state index is 12.9. The SMILES string of the molecule is Nc1cccc(-c2cn(Cc3ccccc3C(=O)NCCc3ccn(-c4ccccc4)n3)nn2)n1. The molecule has 3 aromatic heterocycles. The highest BCUT2D eigenvalue weighted by molar-refractivity contribution is 5.95. The van der Waals surface area contributed by atoms with Crippen molar-refractivity contribution in [3.05, 3.63) is 108 Å². The molecule has 2 aromatic carbocycles. The first-order chi connectivity index (χ1) is 17.2. The van der Waals surface area contributed by atoms with Crippen LogP contribution in [0, 0.1) is 0 Å². The van der Waals surface area contributed by atoms with Crippen LogP contribution in [0.1, 0.15) is 21.6 Å². The Morgan fingerprint density at radius 3 is 2.60 bits per heavy atom. The average Bonchev–Trinajstić information content (AvgIpc) is 3.55. The van der Waals surface area contributed by atoms with Crippen molar-refractivity contribution in [2.45, 2.75) is 13.0 Å². The van der Waals surface area contributed by atoms with Crippen LogP contribution in [0.2, 0.25) is 0 Å². The van der Waals surface area contributed by atoms with Crippen molar-refractivity contribution in [3.8, 4) is 17.1 Å². The molecule has 174 valence electrons. The molecule has 9 heteroatoms. The number of nitrogens with zero attached hydrogens (tertiary/aromatic N) is 6. The first-order valence-corrected chi connectivity index (χ1v) is 11.2. The van der Waals surface area contributed by atoms with E-state index in [-0.39, 0.29) is 5.91 Å². The topological polar surface area (TPSA) is 117 Å². The van der Waals surface area contributed by atoms with E-state index in [0.717, 1.165) is 16.9 Å². The number of benzene rings is 2. The molecular weight excluding hydrogens is 440 g/mol. The van der Waals surface area contributed by atoms with E-state index in [4.69, 9.17) is 5.73 Å². The van der Waals surface area contributed by atoms with Gasteiger partial charge in [0.2, 0.25) is 0 Å². The summed E-state index contributed by atoms with van der Waals surface area (Å²) in [7, 11) is 0. The zero-order chi connectivity index (χ0) is 24.0. The zero-order valence-corrected chi connectivity index (χ0v) is 19.0. The molecule has 0 atom stereocenters. The van der Waals surface area contributed by atoms with Gasteiger partial charge in [0.05, 0.1) is 29.8 Å². The lowest BCUT2D eigenvalue weighted by Crippen LogP contribution is -2.27. The highest BCUT2D eigenvalue weighted by Gasteiger charge is 2.13. The molecule has 5 aromatic rings. The van der Waals surface area contributed by atoms with Gasteiger partial charge in [0, 0.05) is 24.7 Å². The quantitative estimate of drug-likeness (QED) is 0.364. The van der Waals surface area contributed by atoms with E-state index in [9.17, 15) is 4.79 Å². The van der Waals surface area contributed by atoms with Gasteiger partial charge in [-0.1, -0.05) is 47.7 Å². The van der Waals surface area contributed by atoms with Gasteiger partial charge in [-0.3, -0.25) is 4.79 Å². The third-order valence-electron chi connectivity index (χ3n) is 5.50. The molecule has 3 N–H and O–H groups in total. The molecule has 0 aliphatic heterocycles. The lowest BCUT2D eigenvalue weighted by Gasteiger charge is -2.10. The first kappa shape index (κ1) is 22.0. The van der Waals surface area contributed by atoms with Crippen LogP contribution < -0.4 is 11.1 Å². The lowest BCUT2D eigenvalue weighted by molar-refractivity contribution is 0.0953. The minimum atomic E-state index is -0.138. The van der Waals surface area contributed by atoms with Crippen LogP contribution in [-0.4, -0.2) is 42.2 Å². The fourth-order valence-electron chi connectivity index (χ4n) is 3.76. The van der Waals surface area contributed by atoms with Crippen molar-refractivity contribution >= 4 is 11.7 Å². The molecule has 0 radical (unpaired) electrons. The number of anilines is 1. The molecule has 0 saturated heterocycles. The number of hydrogen-bond acceptors (Lipinski definition) is 6. The van der Waals surface area contributed by atoms with E-state index in [2.05, 4.69) is 25.7 Å². The Kier molecular flexibility index (Phi) is 6.29. The van der Waals surface area contributed by atoms with Gasteiger partial charge in [0.25, 0.3) is 5.91 Å². The Balaban J connectivity index is 1.21. The van der Waals surface area contributed by atoms with Gasteiger partial charge in [-0.25, -0.2) is 14.3 Å². The van der Waals surface area contributed by atoms with Crippen LogP contribution >= 0.6 is 0 Å². The van der Waals surface area contributed by atoms with Crippen LogP contribution in [0.5, 0.6) is 0 Å². The predicted molar refractivity (Wildman–Crippen MR) is 133 cm³/mol. The number of nitrogens with one attached hydrogen (secondary N) is 1. The minimum absolute atomic E-state index is 0.138. The van der Waals surface area contributed by atoms with Crippen molar-refractivity contribution in [3.63, 3.8) is 0 Å². The largest absolute Gasteiger partial charge is 0.384 e. The minimum Gasteiger partial charge on any atom is -0.384 e. The van der Waals surface area contributed by atoms with Crippen LogP contribution in [0.15, 0.2) is 91.3 Å². The Morgan fingerprint density at radius 2 is 1.74 bits per heavy atom. The van der Waals surface area contributed by atoms with E-state index in [1.165, 1.54) is 0 Å². The van der Waals surface area contributed by atoms with Crippen LogP contribution in [0.3, 0.4) is 0 Å². The van der Waals surface area contributed by atoms with E-state index in [1.54, 1.807) is 16.9 Å². The molecule has 5 rings (SSSR count). The fourth-order valence-corrected chi connectivity index (χ4v) is 3.76. The normalized spacial score (nSPS) is 10.9. The second-order valence-corrected chi connectivity index (χ2v) is 8.00. The number of rotatable bonds is 8. The van der Waals surface area contributed by atoms with Crippen molar-refractivity contribution in [2.75, 3.05) is 12.3 Å². The average molecular weight is 465 g/mol. The van der Waals surface area contributed by atoms with Crippen molar-refractivity contribution in [1.29, 1.82) is 0 Å². The third-order valence-corrected chi connectivity index (χ3v) is 5.50. The highest BCUT2D eigenvalue weighted by atomic mass is 16.1. The highest BCUT2D eigenvalue weighted by Crippen LogP contribution is 2.16. The standard InChI is InChI=1S/C26H24N8O/c27-25-12-6-11-23(29-25)24-18-33(32-30-24)17-19-7-4-5-10-22(19)26(35)28-15-13-20-14-16-34(31-20)21-8-2-1-3-9-21/h1-12,14,16,18H,13,15,17H2,(H2,27,29)(H,28,35). The maximum atomic E-state index is 12.9. The summed E-state index contributed by atoms with van der Waals surface area (Å²) in [6, 6.07) is 24.7. The van der Waals surface area contributed by atoms with Crippen LogP contribution in [0.4, 0.5) is 5.82 Å². The molecule has 0 unspecified atom stereocenters. The summed E-state index contributed by atoms with van der Waals surface area (Å²) in [5.74, 6) is 0.284. The van der Waals surface area contributed by atoms with Crippen molar-refractivity contribution in [1.82, 2.24) is 35.1 Å². The molecule has 9 nitrogen and oxygen atoms in total. The number of nitrogen functional groups attached to an aromatic ring is 1. The molecule has 0 fully saturated rings. The fraction of sp³-hybridized carbons (Fsp3) is 0.115. The van der Waals surface area contributed by atoms with Crippen molar-refractivity contribution < 1.29 is 4.79 Å². The Hall–Kier alpha value is -4.79. The van der Waals surface area contributed by atoms with Gasteiger partial charge in [-0.05, 0) is 42.0 Å². The number of aromatic nitrogens is 6. The summed E-state index contributed by atoms with van der Waals surface area (Å²) >= 11 is 0. The maximum Gasteiger partial charge on any atom is 0.251 e. The van der Waals surface area contributed by atoms with E-state index >= 15 is 0 Å². The summed E-state index contributed by atoms with van der Waals surface area (Å²) < 4.78 is 3.51. The molecular formula is C26H24N8O. The Labute approximate surface area is 202 Å². The van der Waals surface area contributed by atoms with E-state index < -0.39 is 0 Å². The molecule has 0 bridgehead atoms. The summed E-state index contributed by atoms with van der Waals surface area (Å²) in [6.45, 7) is 0.883. The van der Waals surface area contributed by atoms with Gasteiger partial charge >= 0.3 is 0 Å². The van der Waals surface area contributed by atoms with E-state index in [1.807, 2.05) is 83.7 Å². The second-order valence-electron chi connectivity index (χ2n) is 8.00. The molecule has 0 saturated carbocycles. The monoisotopic (exact) mass is 464 g/mol. The Bertz CT molecular complexity index is 1440. The molecule has 0 aliphatic rings. The number of para-hydroxylation sites is 1. The number of amides is 1. The van der Waals surface area contributed by atoms with Crippen molar-refractivity contribution in [2.24, 2.45) is 0 Å². The summed E-state index contributed by atoms with van der Waals surface area (Å²) in [5, 5.41) is 16.0. The number of hydrogen-bond donors (Lipinski definition) is 2. The predicted octanol–water partition coefficient (Wildman–Crippen LogP) is 3.13. The number of carbonyl (C=O) groups is 1. The third kappa shape index (κ3) is 5.25.